The van der Waals surface area contributed by atoms with Gasteiger partial charge in [-0.2, -0.15) is 13.2 Å². The van der Waals surface area contributed by atoms with Crippen LogP contribution in [0.1, 0.15) is 79.6 Å². The topological polar surface area (TPSA) is 182 Å². The molecule has 2 saturated carbocycles. The second kappa shape index (κ2) is 16.3. The second-order valence-corrected chi connectivity index (χ2v) is 18.1. The van der Waals surface area contributed by atoms with Gasteiger partial charge >= 0.3 is 12.3 Å². The lowest BCUT2D eigenvalue weighted by Gasteiger charge is -2.33. The Morgan fingerprint density at radius 3 is 2.49 bits per heavy atom. The van der Waals surface area contributed by atoms with Crippen LogP contribution >= 0.6 is 0 Å². The number of sulfonamides is 1. The fraction of sp³-hybridized carbons (Fsp3) is 0.615. The van der Waals surface area contributed by atoms with E-state index in [0.29, 0.717) is 50.2 Å². The highest BCUT2D eigenvalue weighted by atomic mass is 32.2. The number of rotatable bonds is 9. The number of ether oxygens (including phenoxy) is 3. The summed E-state index contributed by atoms with van der Waals surface area (Å²) in [5.41, 5.74) is -1.62. The number of nitrogens with zero attached hydrogens (tertiary/aromatic N) is 2. The van der Waals surface area contributed by atoms with E-state index in [1.807, 2.05) is 32.9 Å². The van der Waals surface area contributed by atoms with Crippen LogP contribution in [0, 0.1) is 17.8 Å². The number of carbonyl (C=O) groups is 4. The maximum Gasteiger partial charge on any atom is 0.425 e. The van der Waals surface area contributed by atoms with Gasteiger partial charge in [-0.15, -0.1) is 0 Å². The van der Waals surface area contributed by atoms with Crippen molar-refractivity contribution in [3.8, 4) is 11.6 Å². The molecular weight excluding hydrogens is 772 g/mol. The number of allylic oxidation sites excluding steroid dienone is 1. The van der Waals surface area contributed by atoms with Gasteiger partial charge in [0.1, 0.15) is 29.5 Å². The van der Waals surface area contributed by atoms with Gasteiger partial charge in [-0.25, -0.2) is 18.2 Å². The summed E-state index contributed by atoms with van der Waals surface area (Å²) in [4.78, 5) is 61.4. The summed E-state index contributed by atoms with van der Waals surface area (Å²) in [6.07, 6.45) is -2.10. The SMILES string of the molecule is CC(C)Oc1ccc2c(O[C@@H]3C[C@H]4C(=O)N[C@]5(C(=O)NS(=O)(=O)C6CC6)CC5/C=C\CC[C@H](C)C[C@@H](C)[C@H](NC(=O)O[C@H](C)C(F)(F)F)C(=O)N4C3)nccc2c1. The molecule has 4 aliphatic rings. The highest BCUT2D eigenvalue weighted by molar-refractivity contribution is 7.91. The number of nitrogens with one attached hydrogen (secondary N) is 3. The molecule has 4 amide bonds. The number of carbonyl (C=O) groups excluding carboxylic acids is 4. The molecule has 0 spiro atoms. The standard InChI is InChI=1S/C39H50F3N5O9S/c1-21(2)54-27-10-13-30-25(17-27)14-15-43-34(30)56-28-18-31-33(48)45-38(36(50)46-57(52,53)29-11-12-29)19-26(38)9-7-6-8-22(3)16-23(4)32(35(49)47(31)20-28)44-37(51)55-24(5)39(40,41)42/h7,9-10,13-15,17,21-24,26,28-29,31-32H,6,8,11-12,16,18-20H2,1-5H3,(H,44,51)(H,45,48)(H,46,50)/b9-7-/t22-,23+,24+,26?,28+,31-,32-,38+/m0/s1. The number of benzene rings is 1. The molecule has 1 unspecified atom stereocenters. The number of alkyl halides is 3. The molecule has 312 valence electrons. The number of fused-ring (bicyclic) bond motifs is 3. The van der Waals surface area contributed by atoms with Crippen molar-refractivity contribution in [1.29, 1.82) is 0 Å². The number of alkyl carbamates (subject to hydrolysis) is 1. The van der Waals surface area contributed by atoms with Crippen molar-refractivity contribution in [3.63, 3.8) is 0 Å². The third-order valence-electron chi connectivity index (χ3n) is 11.0. The summed E-state index contributed by atoms with van der Waals surface area (Å²) in [7, 11) is -3.97. The number of hydrogen-bond donors (Lipinski definition) is 3. The molecule has 0 radical (unpaired) electrons. The molecule has 2 aliphatic heterocycles. The van der Waals surface area contributed by atoms with E-state index in [9.17, 15) is 40.8 Å². The highest BCUT2D eigenvalue weighted by Gasteiger charge is 2.62. The van der Waals surface area contributed by atoms with E-state index in [2.05, 4.69) is 25.1 Å². The zero-order valence-electron chi connectivity index (χ0n) is 32.5. The van der Waals surface area contributed by atoms with Crippen molar-refractivity contribution in [2.75, 3.05) is 6.54 Å². The molecule has 6 rings (SSSR count). The summed E-state index contributed by atoms with van der Waals surface area (Å²) in [5.74, 6) is -2.76. The van der Waals surface area contributed by atoms with Gasteiger partial charge in [0.2, 0.25) is 27.7 Å². The molecule has 1 saturated heterocycles. The Kier molecular flexibility index (Phi) is 12.0. The lowest BCUT2D eigenvalue weighted by Crippen LogP contribution is -2.59. The van der Waals surface area contributed by atoms with Crippen LogP contribution in [0.25, 0.3) is 10.8 Å². The summed E-state index contributed by atoms with van der Waals surface area (Å²) in [6.45, 7) is 7.90. The molecule has 2 aliphatic carbocycles. The Bertz CT molecular complexity index is 2010. The van der Waals surface area contributed by atoms with Gasteiger partial charge in [0.25, 0.3) is 5.91 Å². The molecular formula is C39H50F3N5O9S. The van der Waals surface area contributed by atoms with E-state index < -0.39 is 86.9 Å². The molecule has 0 bridgehead atoms. The number of hydrogen-bond acceptors (Lipinski definition) is 10. The average Bonchev–Trinajstić information content (AvgIpc) is 4.05. The maximum absolute atomic E-state index is 14.7. The Labute approximate surface area is 329 Å². The number of pyridine rings is 1. The molecule has 1 aromatic heterocycles. The number of amides is 4. The van der Waals surface area contributed by atoms with Crippen molar-refractivity contribution < 1.29 is 55.0 Å². The molecule has 8 atom stereocenters. The molecule has 3 fully saturated rings. The zero-order valence-corrected chi connectivity index (χ0v) is 33.3. The fourth-order valence-electron chi connectivity index (χ4n) is 7.61. The van der Waals surface area contributed by atoms with Crippen molar-refractivity contribution in [2.45, 2.75) is 127 Å². The highest BCUT2D eigenvalue weighted by Crippen LogP contribution is 2.46. The van der Waals surface area contributed by atoms with Gasteiger partial charge in [0.05, 0.1) is 17.9 Å². The van der Waals surface area contributed by atoms with Gasteiger partial charge in [0, 0.05) is 23.9 Å². The van der Waals surface area contributed by atoms with E-state index in [-0.39, 0.29) is 37.3 Å². The Morgan fingerprint density at radius 1 is 1.07 bits per heavy atom. The van der Waals surface area contributed by atoms with Crippen molar-refractivity contribution in [3.05, 3.63) is 42.6 Å². The predicted molar refractivity (Wildman–Crippen MR) is 201 cm³/mol. The maximum atomic E-state index is 14.7. The first kappa shape index (κ1) is 42.0. The van der Waals surface area contributed by atoms with Gasteiger partial charge in [-0.05, 0) is 101 Å². The van der Waals surface area contributed by atoms with Crippen LogP contribution in [0.15, 0.2) is 42.6 Å². The van der Waals surface area contributed by atoms with Gasteiger partial charge < -0.3 is 29.7 Å². The monoisotopic (exact) mass is 821 g/mol. The summed E-state index contributed by atoms with van der Waals surface area (Å²) >= 11 is 0. The number of halogens is 3. The zero-order chi connectivity index (χ0) is 41.4. The average molecular weight is 822 g/mol. The van der Waals surface area contributed by atoms with Crippen LogP contribution in [-0.2, 0) is 29.1 Å². The van der Waals surface area contributed by atoms with E-state index in [1.54, 1.807) is 31.2 Å². The van der Waals surface area contributed by atoms with E-state index in [0.717, 1.165) is 5.39 Å². The van der Waals surface area contributed by atoms with Gasteiger partial charge in [0.15, 0.2) is 6.10 Å². The van der Waals surface area contributed by atoms with Gasteiger partial charge in [-0.3, -0.25) is 19.1 Å². The molecule has 2 aromatic rings. The van der Waals surface area contributed by atoms with Crippen LogP contribution in [0.4, 0.5) is 18.0 Å². The third kappa shape index (κ3) is 9.75. The van der Waals surface area contributed by atoms with Crippen molar-refractivity contribution in [1.82, 2.24) is 25.2 Å². The largest absolute Gasteiger partial charge is 0.491 e. The van der Waals surface area contributed by atoms with Crippen LogP contribution in [0.5, 0.6) is 11.6 Å². The minimum absolute atomic E-state index is 0.0259. The molecule has 1 aromatic carbocycles. The number of aromatic nitrogens is 1. The quantitative estimate of drug-likeness (QED) is 0.294. The fourth-order valence-corrected chi connectivity index (χ4v) is 8.98. The predicted octanol–water partition coefficient (Wildman–Crippen LogP) is 4.91. The van der Waals surface area contributed by atoms with Crippen molar-refractivity contribution in [2.24, 2.45) is 17.8 Å². The first-order valence-corrected chi connectivity index (χ1v) is 20.9. The first-order valence-electron chi connectivity index (χ1n) is 19.4. The minimum Gasteiger partial charge on any atom is -0.491 e. The lowest BCUT2D eigenvalue weighted by atomic mass is 9.88. The third-order valence-corrected chi connectivity index (χ3v) is 12.8. The Balaban J connectivity index is 1.33. The van der Waals surface area contributed by atoms with E-state index >= 15 is 0 Å². The summed E-state index contributed by atoms with van der Waals surface area (Å²) < 4.78 is 84.7. The molecule has 14 nitrogen and oxygen atoms in total. The Hall–Kier alpha value is -4.61. The smallest absolute Gasteiger partial charge is 0.425 e. The molecule has 3 heterocycles. The minimum atomic E-state index is -4.85. The molecule has 3 N–H and O–H groups in total. The van der Waals surface area contributed by atoms with Crippen LogP contribution in [0.2, 0.25) is 0 Å². The van der Waals surface area contributed by atoms with Crippen LogP contribution in [0.3, 0.4) is 0 Å². The molecule has 57 heavy (non-hydrogen) atoms. The van der Waals surface area contributed by atoms with E-state index in [1.165, 1.54) is 11.1 Å². The summed E-state index contributed by atoms with van der Waals surface area (Å²) in [6, 6.07) is 4.42. The normalized spacial score (nSPS) is 29.5. The van der Waals surface area contributed by atoms with Crippen LogP contribution < -0.4 is 24.8 Å². The molecule has 18 heteroatoms. The summed E-state index contributed by atoms with van der Waals surface area (Å²) in [5, 5.41) is 5.82. The van der Waals surface area contributed by atoms with Crippen LogP contribution in [-0.4, -0.2) is 96.0 Å². The Morgan fingerprint density at radius 2 is 1.81 bits per heavy atom. The van der Waals surface area contributed by atoms with E-state index in [4.69, 9.17) is 9.47 Å². The van der Waals surface area contributed by atoms with Crippen molar-refractivity contribution >= 4 is 44.6 Å². The first-order chi connectivity index (χ1) is 26.8. The second-order valence-electron chi connectivity index (χ2n) is 16.1. The van der Waals surface area contributed by atoms with Gasteiger partial charge in [-0.1, -0.05) is 26.0 Å². The lowest BCUT2D eigenvalue weighted by molar-refractivity contribution is -0.197.